The minimum absolute atomic E-state index is 0.0676. The Kier molecular flexibility index (Phi) is 13.3. The van der Waals surface area contributed by atoms with Gasteiger partial charge in [-0.15, -0.1) is 0 Å². The molecule has 9 nitrogen and oxygen atoms in total. The first-order chi connectivity index (χ1) is 18.8. The van der Waals surface area contributed by atoms with Gasteiger partial charge >= 0.3 is 6.09 Å². The second-order valence-electron chi connectivity index (χ2n) is 12.9. The highest BCUT2D eigenvalue weighted by Gasteiger charge is 2.41. The largest absolute Gasteiger partial charge is 0.444 e. The Hall–Kier alpha value is -2.23. The molecule has 2 saturated carbocycles. The van der Waals surface area contributed by atoms with Crippen molar-refractivity contribution in [3.05, 3.63) is 12.2 Å². The van der Waals surface area contributed by atoms with Gasteiger partial charge in [-0.1, -0.05) is 32.4 Å². The molecule has 2 aliphatic heterocycles. The topological polar surface area (TPSA) is 131 Å². The third-order valence-electron chi connectivity index (χ3n) is 7.74. The standard InChI is InChI=1S/C20H32N2O2.C5H11NO2.C5H9NOS/c1-3-15-11-14(2)7-4-5-8-16-13-17(16)21-20(24)18-9-6-10-22(18)19(23)12-15;1-5(2,3)8-4(6)7;1-5(2-3-5)8-6-4-7/h5,8,14-18H,3-4,6-7,9-13H2,1-2H3,(H,21,24);1-3H3,(H2,6,7);4H,2-3H2,1H3,(H,6,7)/b8-5-;;/t14-,15?,16-,17?,18?;;/m1../s1. The summed E-state index contributed by atoms with van der Waals surface area (Å²) in [4.78, 5) is 47.0. The number of nitrogens with two attached hydrogens (primary N) is 1. The molecule has 1 saturated heterocycles. The third kappa shape index (κ3) is 13.0. The first-order valence-electron chi connectivity index (χ1n) is 14.9. The van der Waals surface area contributed by atoms with Crippen LogP contribution in [0.2, 0.25) is 0 Å². The number of nitrogens with zero attached hydrogens (tertiary/aromatic N) is 1. The maximum atomic E-state index is 12.8. The average Bonchev–Trinajstić information content (AvgIpc) is 3.72. The van der Waals surface area contributed by atoms with Gasteiger partial charge < -0.3 is 25.4 Å². The van der Waals surface area contributed by atoms with Crippen LogP contribution in [0.3, 0.4) is 0 Å². The van der Waals surface area contributed by atoms with Gasteiger partial charge in [0.15, 0.2) is 0 Å². The lowest BCUT2D eigenvalue weighted by Gasteiger charge is -2.27. The van der Waals surface area contributed by atoms with Gasteiger partial charge in [0.2, 0.25) is 18.2 Å². The minimum atomic E-state index is -0.725. The van der Waals surface area contributed by atoms with Crippen LogP contribution in [0, 0.1) is 17.8 Å². The predicted molar refractivity (Wildman–Crippen MR) is 160 cm³/mol. The molecule has 4 aliphatic rings. The lowest BCUT2D eigenvalue weighted by Crippen LogP contribution is -2.47. The highest BCUT2D eigenvalue weighted by Crippen LogP contribution is 2.45. The summed E-state index contributed by atoms with van der Waals surface area (Å²) in [6.45, 7) is 12.7. The smallest absolute Gasteiger partial charge is 0.405 e. The quantitative estimate of drug-likeness (QED) is 0.241. The zero-order valence-electron chi connectivity index (χ0n) is 25.4. The second-order valence-corrected chi connectivity index (χ2v) is 14.3. The molecule has 2 heterocycles. The van der Waals surface area contributed by atoms with Gasteiger partial charge in [-0.05, 0) is 109 Å². The molecule has 0 radical (unpaired) electrons. The van der Waals surface area contributed by atoms with Crippen molar-refractivity contribution < 1.29 is 23.9 Å². The number of hydrogen-bond acceptors (Lipinski definition) is 6. The summed E-state index contributed by atoms with van der Waals surface area (Å²) in [5.41, 5.74) is 4.26. The van der Waals surface area contributed by atoms with E-state index in [0.29, 0.717) is 28.9 Å². The molecular weight excluding hydrogens is 528 g/mol. The van der Waals surface area contributed by atoms with E-state index in [1.165, 1.54) is 31.2 Å². The average molecular weight is 581 g/mol. The molecule has 0 bridgehead atoms. The molecule has 0 aromatic carbocycles. The summed E-state index contributed by atoms with van der Waals surface area (Å²) in [6, 6.07) is 0.0556. The van der Waals surface area contributed by atoms with Crippen molar-refractivity contribution in [1.29, 1.82) is 0 Å². The van der Waals surface area contributed by atoms with Crippen molar-refractivity contribution in [2.75, 3.05) is 6.54 Å². The maximum Gasteiger partial charge on any atom is 0.405 e. The van der Waals surface area contributed by atoms with Gasteiger partial charge in [0, 0.05) is 23.8 Å². The van der Waals surface area contributed by atoms with Crippen molar-refractivity contribution in [3.8, 4) is 0 Å². The molecule has 2 aliphatic carbocycles. The Balaban J connectivity index is 0.000000286. The van der Waals surface area contributed by atoms with E-state index in [1.54, 1.807) is 20.8 Å². The molecule has 5 atom stereocenters. The van der Waals surface area contributed by atoms with Crippen molar-refractivity contribution >= 4 is 36.3 Å². The Morgan fingerprint density at radius 1 is 1.27 bits per heavy atom. The Morgan fingerprint density at radius 3 is 2.52 bits per heavy atom. The van der Waals surface area contributed by atoms with E-state index in [2.05, 4.69) is 47.7 Å². The number of amides is 4. The third-order valence-corrected chi connectivity index (χ3v) is 8.86. The van der Waals surface area contributed by atoms with Crippen LogP contribution in [0.1, 0.15) is 106 Å². The van der Waals surface area contributed by atoms with E-state index in [0.717, 1.165) is 51.5 Å². The van der Waals surface area contributed by atoms with E-state index in [4.69, 9.17) is 5.73 Å². The second kappa shape index (κ2) is 15.7. The van der Waals surface area contributed by atoms with Crippen LogP contribution in [0.5, 0.6) is 0 Å². The first kappa shape index (κ1) is 34.0. The minimum Gasteiger partial charge on any atom is -0.444 e. The Bertz CT molecular complexity index is 886. The van der Waals surface area contributed by atoms with Crippen molar-refractivity contribution in [1.82, 2.24) is 14.9 Å². The molecule has 0 spiro atoms. The van der Waals surface area contributed by atoms with E-state index < -0.39 is 11.7 Å². The number of carbonyl (C=O) groups is 4. The normalized spacial score (nSPS) is 30.1. The maximum absolute atomic E-state index is 12.8. The SMILES string of the molecule is CC(C)(C)OC(N)=O.CC1(SNC=O)CC1.CCC1CC(=O)N2CCCC2C(=O)NC2C[C@H]2/C=C\CC[C@@H](C)C1. The van der Waals surface area contributed by atoms with Crippen LogP contribution in [-0.2, 0) is 19.1 Å². The van der Waals surface area contributed by atoms with Gasteiger partial charge in [-0.2, -0.15) is 0 Å². The van der Waals surface area contributed by atoms with Crippen molar-refractivity contribution in [2.24, 2.45) is 23.5 Å². The van der Waals surface area contributed by atoms with Gasteiger partial charge in [0.1, 0.15) is 11.6 Å². The summed E-state index contributed by atoms with van der Waals surface area (Å²) in [6.07, 6.45) is 14.9. The molecule has 4 amide bonds. The van der Waals surface area contributed by atoms with E-state index >= 15 is 0 Å². The molecule has 3 unspecified atom stereocenters. The predicted octanol–water partition coefficient (Wildman–Crippen LogP) is 5.09. The number of primary amides is 1. The highest BCUT2D eigenvalue weighted by atomic mass is 32.2. The van der Waals surface area contributed by atoms with E-state index in [-0.39, 0.29) is 23.9 Å². The lowest BCUT2D eigenvalue weighted by molar-refractivity contribution is -0.139. The summed E-state index contributed by atoms with van der Waals surface area (Å²) >= 11 is 1.53. The summed E-state index contributed by atoms with van der Waals surface area (Å²) in [5.74, 6) is 1.86. The molecular formula is C30H52N4O5S. The number of allylic oxidation sites excluding steroid dienone is 1. The van der Waals surface area contributed by atoms with Gasteiger partial charge in [0.05, 0.1) is 0 Å². The van der Waals surface area contributed by atoms with Crippen LogP contribution in [-0.4, -0.2) is 58.2 Å². The Labute approximate surface area is 245 Å². The van der Waals surface area contributed by atoms with E-state index in [1.807, 2.05) is 4.90 Å². The number of fused-ring (bicyclic) bond motifs is 2. The zero-order chi connectivity index (χ0) is 29.9. The number of rotatable bonds is 4. The monoisotopic (exact) mass is 580 g/mol. The number of carbonyl (C=O) groups excluding carboxylic acids is 4. The van der Waals surface area contributed by atoms with Gasteiger partial charge in [-0.25, -0.2) is 4.79 Å². The fourth-order valence-electron chi connectivity index (χ4n) is 5.05. The summed E-state index contributed by atoms with van der Waals surface area (Å²) < 4.78 is 7.54. The fourth-order valence-corrected chi connectivity index (χ4v) is 5.69. The summed E-state index contributed by atoms with van der Waals surface area (Å²) in [5, 5.41) is 3.17. The molecule has 10 heteroatoms. The summed E-state index contributed by atoms with van der Waals surface area (Å²) in [7, 11) is 0. The molecule has 4 N–H and O–H groups in total. The molecule has 4 rings (SSSR count). The number of nitrogens with one attached hydrogen (secondary N) is 2. The molecule has 228 valence electrons. The number of hydrogen-bond donors (Lipinski definition) is 3. The highest BCUT2D eigenvalue weighted by molar-refractivity contribution is 7.99. The van der Waals surface area contributed by atoms with Crippen LogP contribution < -0.4 is 15.8 Å². The Morgan fingerprint density at radius 2 is 1.98 bits per heavy atom. The van der Waals surface area contributed by atoms with Gasteiger partial charge in [0.25, 0.3) is 0 Å². The van der Waals surface area contributed by atoms with Gasteiger partial charge in [-0.3, -0.25) is 14.4 Å². The molecule has 0 aromatic rings. The first-order valence-corrected chi connectivity index (χ1v) is 15.7. The lowest BCUT2D eigenvalue weighted by atomic mass is 9.88. The zero-order valence-corrected chi connectivity index (χ0v) is 26.2. The van der Waals surface area contributed by atoms with Crippen LogP contribution >= 0.6 is 11.9 Å². The van der Waals surface area contributed by atoms with Crippen molar-refractivity contribution in [2.45, 2.75) is 128 Å². The number of ether oxygens (including phenoxy) is 1. The van der Waals surface area contributed by atoms with Crippen LogP contribution in [0.4, 0.5) is 4.79 Å². The molecule has 3 fully saturated rings. The fraction of sp³-hybridized carbons (Fsp3) is 0.800. The van der Waals surface area contributed by atoms with Crippen molar-refractivity contribution in [3.63, 3.8) is 0 Å². The van der Waals surface area contributed by atoms with Crippen LogP contribution in [0.15, 0.2) is 12.2 Å². The van der Waals surface area contributed by atoms with E-state index in [9.17, 15) is 19.2 Å². The molecule has 40 heavy (non-hydrogen) atoms. The molecule has 0 aromatic heterocycles. The van der Waals surface area contributed by atoms with Crippen LogP contribution in [0.25, 0.3) is 0 Å².